The van der Waals surface area contributed by atoms with Gasteiger partial charge in [-0.1, -0.05) is 42.5 Å². The van der Waals surface area contributed by atoms with Crippen molar-refractivity contribution < 1.29 is 27.9 Å². The quantitative estimate of drug-likeness (QED) is 0.799. The molecule has 1 amide bonds. The number of amides is 1. The number of aliphatic carboxylic acids is 1. The number of carbonyl (C=O) groups is 2. The van der Waals surface area contributed by atoms with Gasteiger partial charge in [-0.05, 0) is 30.2 Å². The summed E-state index contributed by atoms with van der Waals surface area (Å²) in [4.78, 5) is 23.8. The Morgan fingerprint density at radius 3 is 2.15 bits per heavy atom. The van der Waals surface area contributed by atoms with Gasteiger partial charge in [-0.3, -0.25) is 0 Å². The molecule has 1 atom stereocenters. The van der Waals surface area contributed by atoms with Crippen LogP contribution in [-0.4, -0.2) is 31.8 Å². The minimum absolute atomic E-state index is 0.00457. The van der Waals surface area contributed by atoms with Crippen molar-refractivity contribution in [2.45, 2.75) is 24.0 Å². The lowest BCUT2D eigenvalue weighted by molar-refractivity contribution is -0.144. The summed E-state index contributed by atoms with van der Waals surface area (Å²) >= 11 is 0. The van der Waals surface area contributed by atoms with Crippen molar-refractivity contribution in [3.63, 3.8) is 0 Å². The fourth-order valence-electron chi connectivity index (χ4n) is 2.25. The van der Waals surface area contributed by atoms with E-state index in [1.807, 2.05) is 6.07 Å². The summed E-state index contributed by atoms with van der Waals surface area (Å²) in [7, 11) is -3.41. The van der Waals surface area contributed by atoms with Crippen LogP contribution in [0, 0.1) is 0 Å². The number of sulfone groups is 1. The van der Waals surface area contributed by atoms with Crippen LogP contribution < -0.4 is 5.32 Å². The molecule has 26 heavy (non-hydrogen) atoms. The van der Waals surface area contributed by atoms with Gasteiger partial charge in [0, 0.05) is 6.26 Å². The first kappa shape index (κ1) is 19.5. The number of alkyl carbamates (subject to hydrolysis) is 1. The van der Waals surface area contributed by atoms with Gasteiger partial charge in [0.05, 0.1) is 4.90 Å². The molecule has 0 aliphatic heterocycles. The van der Waals surface area contributed by atoms with Crippen LogP contribution in [0.5, 0.6) is 0 Å². The van der Waals surface area contributed by atoms with Crippen LogP contribution >= 0.6 is 0 Å². The van der Waals surface area contributed by atoms with Crippen LogP contribution in [0.1, 0.15) is 18.1 Å². The average Bonchev–Trinajstić information content (AvgIpc) is 2.60. The predicted molar refractivity (Wildman–Crippen MR) is 94.3 cm³/mol. The van der Waals surface area contributed by atoms with E-state index in [1.54, 1.807) is 24.3 Å². The Hall–Kier alpha value is -2.87. The Morgan fingerprint density at radius 2 is 1.65 bits per heavy atom. The van der Waals surface area contributed by atoms with Crippen LogP contribution in [0.3, 0.4) is 0 Å². The molecular weight excluding hydrogens is 358 g/mol. The Morgan fingerprint density at radius 1 is 1.08 bits per heavy atom. The maximum atomic E-state index is 12.0. The van der Waals surface area contributed by atoms with Crippen LogP contribution in [0.2, 0.25) is 0 Å². The maximum absolute atomic E-state index is 12.0. The summed E-state index contributed by atoms with van der Waals surface area (Å²) in [5.74, 6) is -1.30. The highest BCUT2D eigenvalue weighted by Gasteiger charge is 2.37. The van der Waals surface area contributed by atoms with Gasteiger partial charge >= 0.3 is 12.1 Å². The van der Waals surface area contributed by atoms with E-state index >= 15 is 0 Å². The van der Waals surface area contributed by atoms with E-state index in [-0.39, 0.29) is 17.1 Å². The molecule has 2 aromatic rings. The van der Waals surface area contributed by atoms with Crippen molar-refractivity contribution in [3.8, 4) is 0 Å². The van der Waals surface area contributed by atoms with E-state index in [0.29, 0.717) is 0 Å². The number of ether oxygens (including phenoxy) is 1. The van der Waals surface area contributed by atoms with E-state index < -0.39 is 27.4 Å². The monoisotopic (exact) mass is 377 g/mol. The lowest BCUT2D eigenvalue weighted by Crippen LogP contribution is -2.49. The highest BCUT2D eigenvalue weighted by Crippen LogP contribution is 2.23. The number of nitrogens with one attached hydrogen (secondary N) is 1. The molecule has 8 heteroatoms. The number of rotatable bonds is 6. The minimum Gasteiger partial charge on any atom is -0.479 e. The van der Waals surface area contributed by atoms with Crippen molar-refractivity contribution in [1.82, 2.24) is 5.32 Å². The molecule has 0 saturated heterocycles. The van der Waals surface area contributed by atoms with Gasteiger partial charge in [-0.15, -0.1) is 0 Å². The van der Waals surface area contributed by atoms with Crippen LogP contribution in [0.25, 0.3) is 0 Å². The number of carboxylic acids is 1. The van der Waals surface area contributed by atoms with Crippen LogP contribution in [-0.2, 0) is 31.5 Å². The first-order chi connectivity index (χ1) is 12.1. The number of carboxylic acid groups (broad SMARTS) is 1. The molecule has 2 rings (SSSR count). The van der Waals surface area contributed by atoms with Crippen molar-refractivity contribution >= 4 is 21.9 Å². The van der Waals surface area contributed by atoms with E-state index in [0.717, 1.165) is 11.8 Å². The average molecular weight is 377 g/mol. The summed E-state index contributed by atoms with van der Waals surface area (Å²) in [6, 6.07) is 14.2. The van der Waals surface area contributed by atoms with E-state index in [4.69, 9.17) is 4.74 Å². The molecule has 138 valence electrons. The molecule has 0 bridgehead atoms. The molecular formula is C18H19NO6S. The zero-order valence-electron chi connectivity index (χ0n) is 14.3. The lowest BCUT2D eigenvalue weighted by Gasteiger charge is -2.26. The fraction of sp³-hybridized carbons (Fsp3) is 0.222. The minimum atomic E-state index is -3.41. The highest BCUT2D eigenvalue weighted by molar-refractivity contribution is 7.90. The number of carbonyl (C=O) groups excluding carboxylic acids is 1. The van der Waals surface area contributed by atoms with Crippen LogP contribution in [0.4, 0.5) is 4.79 Å². The smallest absolute Gasteiger partial charge is 0.408 e. The SMILES string of the molecule is CC(NC(=O)OCc1ccccc1)(C(=O)O)c1ccc(S(C)(=O)=O)cc1. The standard InChI is InChI=1S/C18H19NO6S/c1-18(16(20)21,14-8-10-15(11-9-14)26(2,23)24)19-17(22)25-12-13-6-4-3-5-7-13/h3-11H,12H2,1-2H3,(H,19,22)(H,20,21). The molecule has 0 saturated carbocycles. The summed E-state index contributed by atoms with van der Waals surface area (Å²) in [5, 5.41) is 11.9. The van der Waals surface area contributed by atoms with Crippen molar-refractivity contribution in [3.05, 3.63) is 65.7 Å². The van der Waals surface area contributed by atoms with Crippen molar-refractivity contribution in [2.75, 3.05) is 6.26 Å². The Balaban J connectivity index is 2.16. The summed E-state index contributed by atoms with van der Waals surface area (Å²) in [6.45, 7) is 1.30. The summed E-state index contributed by atoms with van der Waals surface area (Å²) in [6.07, 6.45) is 0.156. The molecule has 0 aromatic heterocycles. The van der Waals surface area contributed by atoms with Crippen molar-refractivity contribution in [2.24, 2.45) is 0 Å². The molecule has 0 aliphatic carbocycles. The van der Waals surface area contributed by atoms with Crippen molar-refractivity contribution in [1.29, 1.82) is 0 Å². The zero-order valence-corrected chi connectivity index (χ0v) is 15.1. The van der Waals surface area contributed by atoms with Crippen LogP contribution in [0.15, 0.2) is 59.5 Å². The number of hydrogen-bond acceptors (Lipinski definition) is 5. The van der Waals surface area contributed by atoms with E-state index in [9.17, 15) is 23.1 Å². The molecule has 1 unspecified atom stereocenters. The predicted octanol–water partition coefficient (Wildman–Crippen LogP) is 2.32. The molecule has 0 fully saturated rings. The topological polar surface area (TPSA) is 110 Å². The highest BCUT2D eigenvalue weighted by atomic mass is 32.2. The summed E-state index contributed by atoms with van der Waals surface area (Å²) in [5.41, 5.74) is -0.796. The first-order valence-electron chi connectivity index (χ1n) is 7.66. The van der Waals surface area contributed by atoms with Gasteiger partial charge < -0.3 is 15.2 Å². The van der Waals surface area contributed by atoms with Gasteiger partial charge in [0.15, 0.2) is 15.4 Å². The van der Waals surface area contributed by atoms with Gasteiger partial charge in [0.2, 0.25) is 0 Å². The molecule has 0 spiro atoms. The van der Waals surface area contributed by atoms with Gasteiger partial charge in [-0.2, -0.15) is 0 Å². The Labute approximate surface area is 151 Å². The molecule has 0 radical (unpaired) electrons. The van der Waals surface area contributed by atoms with E-state index in [2.05, 4.69) is 5.32 Å². The third-order valence-corrected chi connectivity index (χ3v) is 4.98. The number of benzene rings is 2. The molecule has 0 heterocycles. The van der Waals surface area contributed by atoms with E-state index in [1.165, 1.54) is 31.2 Å². The number of hydrogen-bond donors (Lipinski definition) is 2. The maximum Gasteiger partial charge on any atom is 0.408 e. The lowest BCUT2D eigenvalue weighted by atomic mass is 9.92. The third-order valence-electron chi connectivity index (χ3n) is 3.85. The van der Waals surface area contributed by atoms with Gasteiger partial charge in [0.25, 0.3) is 0 Å². The molecule has 0 aliphatic rings. The third kappa shape index (κ3) is 4.60. The first-order valence-corrected chi connectivity index (χ1v) is 9.55. The zero-order chi connectivity index (χ0) is 19.4. The Bertz CT molecular complexity index is 893. The second-order valence-electron chi connectivity index (χ2n) is 5.91. The van der Waals surface area contributed by atoms with Gasteiger partial charge in [-0.25, -0.2) is 18.0 Å². The second kappa shape index (κ2) is 7.57. The fourth-order valence-corrected chi connectivity index (χ4v) is 2.88. The Kier molecular flexibility index (Phi) is 5.66. The molecule has 2 aromatic carbocycles. The van der Waals surface area contributed by atoms with Gasteiger partial charge in [0.1, 0.15) is 6.61 Å². The second-order valence-corrected chi connectivity index (χ2v) is 7.93. The summed E-state index contributed by atoms with van der Waals surface area (Å²) < 4.78 is 28.1. The largest absolute Gasteiger partial charge is 0.479 e. The molecule has 7 nitrogen and oxygen atoms in total. The normalized spacial score (nSPS) is 13.5. The molecule has 2 N–H and O–H groups in total.